The van der Waals surface area contributed by atoms with Crippen LogP contribution < -0.4 is 16.2 Å². The van der Waals surface area contributed by atoms with Gasteiger partial charge in [0, 0.05) is 22.8 Å². The first-order chi connectivity index (χ1) is 17.8. The van der Waals surface area contributed by atoms with Crippen LogP contribution in [0.1, 0.15) is 44.5 Å². The number of benzene rings is 1. The highest BCUT2D eigenvalue weighted by Gasteiger charge is 2.34. The third kappa shape index (κ3) is 4.66. The van der Waals surface area contributed by atoms with Gasteiger partial charge in [0.2, 0.25) is 5.95 Å². The van der Waals surface area contributed by atoms with Crippen LogP contribution in [-0.2, 0) is 23.9 Å². The van der Waals surface area contributed by atoms with Crippen LogP contribution in [0.3, 0.4) is 0 Å². The van der Waals surface area contributed by atoms with Crippen LogP contribution in [0, 0.1) is 0 Å². The topological polar surface area (TPSA) is 103 Å². The van der Waals surface area contributed by atoms with E-state index in [1.54, 1.807) is 13.8 Å². The molecular weight excluding hydrogens is 506 g/mol. The van der Waals surface area contributed by atoms with Gasteiger partial charge in [-0.25, -0.2) is 9.67 Å². The first-order valence-electron chi connectivity index (χ1n) is 12.0. The lowest BCUT2D eigenvalue weighted by molar-refractivity contribution is -0.144. The summed E-state index contributed by atoms with van der Waals surface area (Å²) in [6.07, 6.45) is -1.57. The number of aromatic nitrogens is 5. The average molecular weight is 534 g/mol. The number of nitrogens with zero attached hydrogens (tertiary/aromatic N) is 5. The first kappa shape index (κ1) is 25.9. The van der Waals surface area contributed by atoms with Crippen molar-refractivity contribution in [2.24, 2.45) is 0 Å². The van der Waals surface area contributed by atoms with Gasteiger partial charge in [-0.1, -0.05) is 19.9 Å². The second kappa shape index (κ2) is 8.93. The molecule has 2 N–H and O–H groups in total. The maximum absolute atomic E-state index is 13.5. The van der Waals surface area contributed by atoms with Gasteiger partial charge in [-0.15, -0.1) is 0 Å². The maximum atomic E-state index is 13.5. The lowest BCUT2D eigenvalue weighted by atomic mass is 9.85. The number of hydrogen-bond acceptors (Lipinski definition) is 7. The Morgan fingerprint density at radius 1 is 1.21 bits per heavy atom. The van der Waals surface area contributed by atoms with Gasteiger partial charge in [0.25, 0.3) is 5.56 Å². The zero-order valence-corrected chi connectivity index (χ0v) is 21.3. The van der Waals surface area contributed by atoms with Crippen molar-refractivity contribution in [1.82, 2.24) is 29.6 Å². The SMILES string of the molecule is CC(C)(CF)c1coc(-n2c3nc(Nc4ccc5c(c4)CCNC5(C)C)ncc3c(=O)n2CC(F)(F)F)n1. The normalized spacial score (nSPS) is 15.6. The number of hydrogen-bond donors (Lipinski definition) is 2. The highest BCUT2D eigenvalue weighted by molar-refractivity contribution is 5.76. The third-order valence-corrected chi connectivity index (χ3v) is 6.70. The summed E-state index contributed by atoms with van der Waals surface area (Å²) >= 11 is 0. The number of oxazole rings is 1. The molecule has 38 heavy (non-hydrogen) atoms. The minimum Gasteiger partial charge on any atom is -0.430 e. The van der Waals surface area contributed by atoms with E-state index in [2.05, 4.69) is 39.4 Å². The summed E-state index contributed by atoms with van der Waals surface area (Å²) < 4.78 is 60.5. The van der Waals surface area contributed by atoms with Crippen molar-refractivity contribution in [2.75, 3.05) is 18.5 Å². The quantitative estimate of drug-likeness (QED) is 0.352. The van der Waals surface area contributed by atoms with Crippen LogP contribution in [0.4, 0.5) is 29.2 Å². The largest absolute Gasteiger partial charge is 0.430 e. The van der Waals surface area contributed by atoms with Gasteiger partial charge >= 0.3 is 12.2 Å². The Hall–Kier alpha value is -3.74. The highest BCUT2D eigenvalue weighted by Crippen LogP contribution is 2.31. The van der Waals surface area contributed by atoms with E-state index in [0.717, 1.165) is 35.7 Å². The predicted molar refractivity (Wildman–Crippen MR) is 133 cm³/mol. The predicted octanol–water partition coefficient (Wildman–Crippen LogP) is 4.50. The van der Waals surface area contributed by atoms with E-state index in [4.69, 9.17) is 4.42 Å². The Kier molecular flexibility index (Phi) is 6.08. The molecular formula is C25H27F4N7O2. The molecule has 4 heterocycles. The number of alkyl halides is 4. The van der Waals surface area contributed by atoms with Crippen LogP contribution in [0.2, 0.25) is 0 Å². The number of halogens is 4. The molecule has 3 aromatic heterocycles. The van der Waals surface area contributed by atoms with Gasteiger partial charge in [0.1, 0.15) is 24.9 Å². The van der Waals surface area contributed by atoms with E-state index in [9.17, 15) is 22.4 Å². The van der Waals surface area contributed by atoms with Crippen molar-refractivity contribution in [3.8, 4) is 6.01 Å². The molecule has 4 aromatic rings. The lowest BCUT2D eigenvalue weighted by Gasteiger charge is -2.34. The summed E-state index contributed by atoms with van der Waals surface area (Å²) in [4.78, 5) is 25.7. The van der Waals surface area contributed by atoms with Crippen molar-refractivity contribution in [1.29, 1.82) is 0 Å². The lowest BCUT2D eigenvalue weighted by Crippen LogP contribution is -2.42. The van der Waals surface area contributed by atoms with E-state index >= 15 is 0 Å². The van der Waals surface area contributed by atoms with E-state index < -0.39 is 30.4 Å². The molecule has 0 unspecified atom stereocenters. The van der Waals surface area contributed by atoms with Gasteiger partial charge in [-0.05, 0) is 50.1 Å². The fraction of sp³-hybridized carbons (Fsp3) is 0.440. The van der Waals surface area contributed by atoms with Crippen LogP contribution in [0.15, 0.2) is 39.9 Å². The minimum atomic E-state index is -4.72. The molecule has 13 heteroatoms. The molecule has 1 aliphatic heterocycles. The number of fused-ring (bicyclic) bond motifs is 2. The summed E-state index contributed by atoms with van der Waals surface area (Å²) in [5.74, 6) is 0.0689. The molecule has 0 atom stereocenters. The van der Waals surface area contributed by atoms with Crippen molar-refractivity contribution < 1.29 is 22.0 Å². The fourth-order valence-electron chi connectivity index (χ4n) is 4.56. The molecule has 0 radical (unpaired) electrons. The zero-order valence-electron chi connectivity index (χ0n) is 21.3. The van der Waals surface area contributed by atoms with E-state index in [1.165, 1.54) is 5.56 Å². The Labute approximate surface area is 214 Å². The Morgan fingerprint density at radius 3 is 2.68 bits per heavy atom. The van der Waals surface area contributed by atoms with E-state index in [1.807, 2.05) is 18.2 Å². The van der Waals surface area contributed by atoms with Crippen LogP contribution in [-0.4, -0.2) is 43.7 Å². The summed E-state index contributed by atoms with van der Waals surface area (Å²) in [5.41, 5.74) is 0.871. The summed E-state index contributed by atoms with van der Waals surface area (Å²) in [6, 6.07) is 5.50. The molecule has 9 nitrogen and oxygen atoms in total. The molecule has 0 bridgehead atoms. The summed E-state index contributed by atoms with van der Waals surface area (Å²) in [6.45, 7) is 5.79. The summed E-state index contributed by atoms with van der Waals surface area (Å²) in [5, 5.41) is 6.40. The van der Waals surface area contributed by atoms with Gasteiger partial charge in [0.05, 0.1) is 5.69 Å². The Bertz CT molecular complexity index is 1570. The van der Waals surface area contributed by atoms with Gasteiger partial charge in [0.15, 0.2) is 5.65 Å². The van der Waals surface area contributed by atoms with Crippen molar-refractivity contribution in [2.45, 2.75) is 57.8 Å². The smallest absolute Gasteiger partial charge is 0.408 e. The van der Waals surface area contributed by atoms with Crippen LogP contribution in [0.25, 0.3) is 17.0 Å². The Balaban J connectivity index is 1.60. The molecule has 0 amide bonds. The fourth-order valence-corrected chi connectivity index (χ4v) is 4.56. The molecule has 0 spiro atoms. The number of anilines is 2. The minimum absolute atomic E-state index is 0.0689. The van der Waals surface area contributed by atoms with Gasteiger partial charge in [-0.3, -0.25) is 9.18 Å². The standard InChI is InChI=1S/C25H27F4N7O2/c1-23(2,12-26)18-11-38-22(33-18)36-19-16(20(37)35(36)13-25(27,28)29)10-30-21(34-19)32-15-5-6-17-14(9-15)7-8-31-24(17,3)4/h5-6,9-11,31H,7-8,12-13H2,1-4H3,(H,30,32,34). The second-order valence-electron chi connectivity index (χ2n) is 10.6. The molecule has 1 aliphatic rings. The molecule has 1 aromatic carbocycles. The number of nitrogens with one attached hydrogen (secondary N) is 2. The molecule has 202 valence electrons. The molecule has 5 rings (SSSR count). The monoisotopic (exact) mass is 533 g/mol. The highest BCUT2D eigenvalue weighted by atomic mass is 19.4. The van der Waals surface area contributed by atoms with Gasteiger partial charge in [-0.2, -0.15) is 27.8 Å². The molecule has 0 saturated carbocycles. The first-order valence-corrected chi connectivity index (χ1v) is 12.0. The van der Waals surface area contributed by atoms with Gasteiger partial charge < -0.3 is 15.1 Å². The van der Waals surface area contributed by atoms with Crippen LogP contribution in [0.5, 0.6) is 0 Å². The van der Waals surface area contributed by atoms with E-state index in [-0.39, 0.29) is 34.2 Å². The summed E-state index contributed by atoms with van der Waals surface area (Å²) in [7, 11) is 0. The van der Waals surface area contributed by atoms with Crippen LogP contribution >= 0.6 is 0 Å². The number of rotatable bonds is 6. The third-order valence-electron chi connectivity index (χ3n) is 6.70. The molecule has 0 aliphatic carbocycles. The average Bonchev–Trinajstić information content (AvgIpc) is 3.42. The second-order valence-corrected chi connectivity index (χ2v) is 10.6. The van der Waals surface area contributed by atoms with E-state index in [0.29, 0.717) is 10.4 Å². The van der Waals surface area contributed by atoms with Crippen molar-refractivity contribution in [3.05, 3.63) is 57.8 Å². The zero-order chi connectivity index (χ0) is 27.5. The molecule has 0 fully saturated rings. The van der Waals surface area contributed by atoms with Crippen molar-refractivity contribution >= 4 is 22.7 Å². The maximum Gasteiger partial charge on any atom is 0.408 e. The Morgan fingerprint density at radius 2 is 1.97 bits per heavy atom. The molecule has 0 saturated heterocycles. The van der Waals surface area contributed by atoms with Crippen molar-refractivity contribution in [3.63, 3.8) is 0 Å².